The third-order valence-corrected chi connectivity index (χ3v) is 6.02. The number of morpholine rings is 1. The molecular weight excluding hydrogens is 455 g/mol. The van der Waals surface area contributed by atoms with E-state index in [4.69, 9.17) is 9.47 Å². The van der Waals surface area contributed by atoms with Gasteiger partial charge in [0.1, 0.15) is 11.4 Å². The van der Waals surface area contributed by atoms with Crippen LogP contribution in [0.5, 0.6) is 5.75 Å². The smallest absolute Gasteiger partial charge is 0.416 e. The molecule has 2 unspecified atom stereocenters. The second kappa shape index (κ2) is 9.88. The van der Waals surface area contributed by atoms with Crippen molar-refractivity contribution < 1.29 is 32.4 Å². The standard InChI is InChI=1S/C23H26F3N3O5/c1-13-14(2)20(33-4)8-6-17(13)15(3)27-22(30)21-12-28(9-10-34-21)18-7-5-16(23(24,25)26)11-19(18)29(31)32/h5-8,11,15,21H,9-10,12H2,1-4H3,(H,27,30). The van der Waals surface area contributed by atoms with Crippen LogP contribution in [0.1, 0.15) is 35.2 Å². The Morgan fingerprint density at radius 3 is 2.59 bits per heavy atom. The van der Waals surface area contributed by atoms with E-state index in [1.807, 2.05) is 32.9 Å². The zero-order valence-electron chi connectivity index (χ0n) is 19.2. The lowest BCUT2D eigenvalue weighted by Gasteiger charge is -2.34. The van der Waals surface area contributed by atoms with Gasteiger partial charge in [-0.05, 0) is 55.7 Å². The van der Waals surface area contributed by atoms with Crippen molar-refractivity contribution in [3.05, 3.63) is 62.7 Å². The number of alkyl halides is 3. The number of hydrogen-bond acceptors (Lipinski definition) is 6. The maximum absolute atomic E-state index is 13.0. The molecule has 1 aliphatic rings. The van der Waals surface area contributed by atoms with Gasteiger partial charge in [0.2, 0.25) is 0 Å². The van der Waals surface area contributed by atoms with Gasteiger partial charge in [-0.1, -0.05) is 6.07 Å². The first-order chi connectivity index (χ1) is 15.9. The topological polar surface area (TPSA) is 93.9 Å². The average molecular weight is 481 g/mol. The zero-order valence-corrected chi connectivity index (χ0v) is 19.2. The minimum absolute atomic E-state index is 0.00812. The highest BCUT2D eigenvalue weighted by molar-refractivity contribution is 5.82. The van der Waals surface area contributed by atoms with Crippen LogP contribution in [0.25, 0.3) is 0 Å². The van der Waals surface area contributed by atoms with E-state index in [1.165, 1.54) is 4.90 Å². The lowest BCUT2D eigenvalue weighted by atomic mass is 9.97. The second-order valence-corrected chi connectivity index (χ2v) is 8.10. The van der Waals surface area contributed by atoms with Gasteiger partial charge in [-0.2, -0.15) is 13.2 Å². The van der Waals surface area contributed by atoms with E-state index in [2.05, 4.69) is 5.32 Å². The lowest BCUT2D eigenvalue weighted by molar-refractivity contribution is -0.384. The van der Waals surface area contributed by atoms with Crippen molar-refractivity contribution >= 4 is 17.3 Å². The van der Waals surface area contributed by atoms with Crippen LogP contribution in [-0.2, 0) is 15.7 Å². The van der Waals surface area contributed by atoms with Crippen LogP contribution in [0.15, 0.2) is 30.3 Å². The highest BCUT2D eigenvalue weighted by Gasteiger charge is 2.35. The molecule has 0 radical (unpaired) electrons. The summed E-state index contributed by atoms with van der Waals surface area (Å²) in [7, 11) is 1.58. The molecule has 184 valence electrons. The molecule has 2 aromatic carbocycles. The molecule has 2 atom stereocenters. The van der Waals surface area contributed by atoms with Crippen molar-refractivity contribution in [3.63, 3.8) is 0 Å². The third-order valence-electron chi connectivity index (χ3n) is 6.02. The van der Waals surface area contributed by atoms with E-state index in [0.717, 1.165) is 34.6 Å². The summed E-state index contributed by atoms with van der Waals surface area (Å²) < 4.78 is 49.9. The van der Waals surface area contributed by atoms with E-state index >= 15 is 0 Å². The van der Waals surface area contributed by atoms with E-state index in [-0.39, 0.29) is 31.4 Å². The predicted molar refractivity (Wildman–Crippen MR) is 119 cm³/mol. The summed E-state index contributed by atoms with van der Waals surface area (Å²) in [6, 6.07) is 5.71. The monoisotopic (exact) mass is 481 g/mol. The van der Waals surface area contributed by atoms with Crippen LogP contribution in [0.2, 0.25) is 0 Å². The number of ether oxygens (including phenoxy) is 2. The van der Waals surface area contributed by atoms with Crippen LogP contribution in [-0.4, -0.2) is 43.7 Å². The molecule has 1 heterocycles. The van der Waals surface area contributed by atoms with Crippen molar-refractivity contribution in [2.24, 2.45) is 0 Å². The molecule has 1 amide bonds. The first-order valence-corrected chi connectivity index (χ1v) is 10.6. The molecule has 0 aliphatic carbocycles. The van der Waals surface area contributed by atoms with Crippen molar-refractivity contribution in [2.45, 2.75) is 39.1 Å². The Labute approximate surface area is 194 Å². The van der Waals surface area contributed by atoms with Crippen molar-refractivity contribution in [3.8, 4) is 5.75 Å². The van der Waals surface area contributed by atoms with E-state index in [0.29, 0.717) is 6.07 Å². The molecule has 2 aromatic rings. The number of benzene rings is 2. The highest BCUT2D eigenvalue weighted by atomic mass is 19.4. The van der Waals surface area contributed by atoms with Gasteiger partial charge in [-0.15, -0.1) is 0 Å². The summed E-state index contributed by atoms with van der Waals surface area (Å²) in [5.74, 6) is 0.323. The lowest BCUT2D eigenvalue weighted by Crippen LogP contribution is -2.50. The van der Waals surface area contributed by atoms with Gasteiger partial charge in [0.25, 0.3) is 11.6 Å². The number of methoxy groups -OCH3 is 1. The number of nitro benzene ring substituents is 1. The van der Waals surface area contributed by atoms with Gasteiger partial charge in [0, 0.05) is 12.6 Å². The molecule has 0 spiro atoms. The van der Waals surface area contributed by atoms with E-state index in [1.54, 1.807) is 7.11 Å². The minimum atomic E-state index is -4.70. The molecule has 1 saturated heterocycles. The SMILES string of the molecule is COc1ccc(C(C)NC(=O)C2CN(c3ccc(C(F)(F)F)cc3[N+](=O)[O-])CCO2)c(C)c1C. The summed E-state index contributed by atoms with van der Waals surface area (Å²) in [5, 5.41) is 14.4. The van der Waals surface area contributed by atoms with Crippen molar-refractivity contribution in [2.75, 3.05) is 31.7 Å². The van der Waals surface area contributed by atoms with Crippen LogP contribution in [0.4, 0.5) is 24.5 Å². The van der Waals surface area contributed by atoms with Crippen molar-refractivity contribution in [1.29, 1.82) is 0 Å². The fourth-order valence-electron chi connectivity index (χ4n) is 4.03. The molecule has 11 heteroatoms. The number of carbonyl (C=O) groups is 1. The highest BCUT2D eigenvalue weighted by Crippen LogP contribution is 2.37. The predicted octanol–water partition coefficient (Wildman–Crippen LogP) is 4.32. The maximum atomic E-state index is 13.0. The zero-order chi connectivity index (χ0) is 25.2. The molecule has 1 N–H and O–H groups in total. The summed E-state index contributed by atoms with van der Waals surface area (Å²) in [6.45, 7) is 5.93. The fourth-order valence-corrected chi connectivity index (χ4v) is 4.03. The van der Waals surface area contributed by atoms with E-state index in [9.17, 15) is 28.1 Å². The number of halogens is 3. The number of rotatable bonds is 6. The number of amides is 1. The molecule has 0 bridgehead atoms. The van der Waals surface area contributed by atoms with Crippen molar-refractivity contribution in [1.82, 2.24) is 5.32 Å². The number of nitro groups is 1. The quantitative estimate of drug-likeness (QED) is 0.488. The van der Waals surface area contributed by atoms with Crippen LogP contribution in [0, 0.1) is 24.0 Å². The Balaban J connectivity index is 1.77. The number of anilines is 1. The summed E-state index contributed by atoms with van der Waals surface area (Å²) in [6.07, 6.45) is -5.65. The molecule has 3 rings (SSSR count). The summed E-state index contributed by atoms with van der Waals surface area (Å²) >= 11 is 0. The van der Waals surface area contributed by atoms with Gasteiger partial charge in [-0.25, -0.2) is 0 Å². The Bertz CT molecular complexity index is 1090. The Kier molecular flexibility index (Phi) is 7.35. The normalized spacial score (nSPS) is 17.3. The summed E-state index contributed by atoms with van der Waals surface area (Å²) in [4.78, 5) is 25.0. The van der Waals surface area contributed by atoms with Gasteiger partial charge >= 0.3 is 6.18 Å². The molecule has 8 nitrogen and oxygen atoms in total. The molecule has 34 heavy (non-hydrogen) atoms. The van der Waals surface area contributed by atoms with Crippen LogP contribution < -0.4 is 15.0 Å². The Morgan fingerprint density at radius 1 is 1.26 bits per heavy atom. The maximum Gasteiger partial charge on any atom is 0.416 e. The molecular formula is C23H26F3N3O5. The number of carbonyl (C=O) groups excluding carboxylic acids is 1. The first kappa shape index (κ1) is 25.3. The Hall–Kier alpha value is -3.34. The van der Waals surface area contributed by atoms with Gasteiger partial charge in [0.15, 0.2) is 6.10 Å². The number of hydrogen-bond donors (Lipinski definition) is 1. The summed E-state index contributed by atoms with van der Waals surface area (Å²) in [5.41, 5.74) is 1.05. The minimum Gasteiger partial charge on any atom is -0.496 e. The fraction of sp³-hybridized carbons (Fsp3) is 0.435. The number of nitrogens with one attached hydrogen (secondary N) is 1. The third kappa shape index (κ3) is 5.24. The first-order valence-electron chi connectivity index (χ1n) is 10.6. The van der Waals surface area contributed by atoms with Crippen LogP contribution >= 0.6 is 0 Å². The second-order valence-electron chi connectivity index (χ2n) is 8.10. The average Bonchev–Trinajstić information content (AvgIpc) is 2.79. The van der Waals surface area contributed by atoms with Gasteiger partial charge in [0.05, 0.1) is 36.8 Å². The molecule has 1 fully saturated rings. The molecule has 1 aliphatic heterocycles. The van der Waals surface area contributed by atoms with E-state index < -0.39 is 34.4 Å². The number of nitrogens with zero attached hydrogens (tertiary/aromatic N) is 2. The van der Waals surface area contributed by atoms with Gasteiger partial charge < -0.3 is 19.7 Å². The molecule has 0 aromatic heterocycles. The van der Waals surface area contributed by atoms with Crippen LogP contribution in [0.3, 0.4) is 0 Å². The Morgan fingerprint density at radius 2 is 1.97 bits per heavy atom. The van der Waals surface area contributed by atoms with Gasteiger partial charge in [-0.3, -0.25) is 14.9 Å². The molecule has 0 saturated carbocycles. The largest absolute Gasteiger partial charge is 0.496 e.